The lowest BCUT2D eigenvalue weighted by Crippen LogP contribution is -2.37. The number of nitrogens with zero attached hydrogens (tertiary/aromatic N) is 1. The van der Waals surface area contributed by atoms with Gasteiger partial charge in [0, 0.05) is 11.6 Å². The summed E-state index contributed by atoms with van der Waals surface area (Å²) >= 11 is 6.00. The van der Waals surface area contributed by atoms with E-state index in [4.69, 9.17) is 11.6 Å². The van der Waals surface area contributed by atoms with Gasteiger partial charge in [-0.15, -0.1) is 0 Å². The molecule has 3 nitrogen and oxygen atoms in total. The number of carbonyl (C=O) groups excluding carboxylic acids is 1. The van der Waals surface area contributed by atoms with Crippen LogP contribution in [0.5, 0.6) is 0 Å². The second-order valence-electron chi connectivity index (χ2n) is 5.63. The first-order valence-corrected chi connectivity index (χ1v) is 8.27. The minimum atomic E-state index is -0.0587. The Morgan fingerprint density at radius 2 is 1.91 bits per heavy atom. The van der Waals surface area contributed by atoms with Gasteiger partial charge in [0.05, 0.1) is 12.6 Å². The Kier molecular flexibility index (Phi) is 6.63. The highest BCUT2D eigenvalue weighted by atomic mass is 35.5. The lowest BCUT2D eigenvalue weighted by Gasteiger charge is -2.22. The predicted octanol–water partition coefficient (Wildman–Crippen LogP) is 4.04. The molecule has 1 atom stereocenters. The zero-order valence-corrected chi connectivity index (χ0v) is 14.4. The molecule has 1 amide bonds. The Hall–Kier alpha value is -1.84. The van der Waals surface area contributed by atoms with Gasteiger partial charge in [-0.2, -0.15) is 0 Å². The van der Waals surface area contributed by atoms with Crippen LogP contribution in [-0.4, -0.2) is 23.9 Å². The highest BCUT2D eigenvalue weighted by Crippen LogP contribution is 2.17. The Bertz CT molecular complexity index is 630. The van der Waals surface area contributed by atoms with Crippen LogP contribution < -0.4 is 5.32 Å². The van der Waals surface area contributed by atoms with Crippen molar-refractivity contribution in [2.45, 2.75) is 26.4 Å². The summed E-state index contributed by atoms with van der Waals surface area (Å²) in [5, 5.41) is 3.72. The molecule has 2 rings (SSSR count). The Morgan fingerprint density at radius 1 is 1.17 bits per heavy atom. The van der Waals surface area contributed by atoms with Crippen molar-refractivity contribution in [3.05, 3.63) is 70.7 Å². The Balaban J connectivity index is 1.89. The van der Waals surface area contributed by atoms with Crippen LogP contribution in [0.15, 0.2) is 54.6 Å². The topological polar surface area (TPSA) is 32.3 Å². The molecular weight excluding hydrogens is 308 g/mol. The molecule has 1 unspecified atom stereocenters. The minimum absolute atomic E-state index is 0.0234. The smallest absolute Gasteiger partial charge is 0.234 e. The number of rotatable bonds is 7. The molecule has 0 aromatic heterocycles. The van der Waals surface area contributed by atoms with Gasteiger partial charge >= 0.3 is 0 Å². The van der Waals surface area contributed by atoms with Gasteiger partial charge in [0.25, 0.3) is 0 Å². The van der Waals surface area contributed by atoms with E-state index < -0.39 is 0 Å². The van der Waals surface area contributed by atoms with Crippen LogP contribution in [0.2, 0.25) is 5.02 Å². The molecule has 0 heterocycles. The lowest BCUT2D eigenvalue weighted by molar-refractivity contribution is -0.123. The van der Waals surface area contributed by atoms with Crippen molar-refractivity contribution in [2.75, 3.05) is 13.1 Å². The average Bonchev–Trinajstić information content (AvgIpc) is 2.55. The second kappa shape index (κ2) is 8.70. The van der Waals surface area contributed by atoms with Crippen molar-refractivity contribution in [3.8, 4) is 0 Å². The van der Waals surface area contributed by atoms with Gasteiger partial charge in [-0.3, -0.25) is 9.69 Å². The Labute approximate surface area is 143 Å². The Morgan fingerprint density at radius 3 is 2.57 bits per heavy atom. The molecule has 0 aliphatic heterocycles. The molecule has 0 aliphatic carbocycles. The molecule has 2 aromatic rings. The summed E-state index contributed by atoms with van der Waals surface area (Å²) in [6.07, 6.45) is 0. The van der Waals surface area contributed by atoms with Crippen LogP contribution in [0.3, 0.4) is 0 Å². The maximum atomic E-state index is 12.3. The van der Waals surface area contributed by atoms with Crippen LogP contribution in [0.25, 0.3) is 0 Å². The third-order valence-electron chi connectivity index (χ3n) is 3.79. The number of hydrogen-bond donors (Lipinski definition) is 1. The van der Waals surface area contributed by atoms with E-state index in [1.54, 1.807) is 0 Å². The van der Waals surface area contributed by atoms with Gasteiger partial charge in [-0.05, 0) is 36.7 Å². The van der Waals surface area contributed by atoms with E-state index in [0.29, 0.717) is 11.6 Å². The lowest BCUT2D eigenvalue weighted by atomic mass is 10.1. The number of hydrogen-bond acceptors (Lipinski definition) is 2. The maximum absolute atomic E-state index is 12.3. The SMILES string of the molecule is CCN(CC(=O)NC(C)c1cccc(Cl)c1)Cc1ccccc1. The molecule has 1 N–H and O–H groups in total. The molecular formula is C19H23ClN2O. The number of halogens is 1. The molecule has 4 heteroatoms. The first-order valence-electron chi connectivity index (χ1n) is 7.89. The molecule has 0 radical (unpaired) electrons. The summed E-state index contributed by atoms with van der Waals surface area (Å²) in [5.41, 5.74) is 2.22. The molecule has 0 spiro atoms. The zero-order chi connectivity index (χ0) is 16.7. The summed E-state index contributed by atoms with van der Waals surface area (Å²) in [6.45, 7) is 6.02. The van der Waals surface area contributed by atoms with E-state index in [9.17, 15) is 4.79 Å². The first-order chi connectivity index (χ1) is 11.1. The van der Waals surface area contributed by atoms with Crippen molar-refractivity contribution in [1.82, 2.24) is 10.2 Å². The van der Waals surface area contributed by atoms with E-state index in [1.807, 2.05) is 49.4 Å². The molecule has 0 aliphatic rings. The molecule has 0 saturated heterocycles. The van der Waals surface area contributed by atoms with Gasteiger partial charge in [0.1, 0.15) is 0 Å². The first kappa shape index (κ1) is 17.5. The van der Waals surface area contributed by atoms with Gasteiger partial charge < -0.3 is 5.32 Å². The highest BCUT2D eigenvalue weighted by Gasteiger charge is 2.13. The summed E-state index contributed by atoms with van der Waals surface area (Å²) < 4.78 is 0. The quantitative estimate of drug-likeness (QED) is 0.831. The number of benzene rings is 2. The normalized spacial score (nSPS) is 12.2. The third kappa shape index (κ3) is 5.70. The zero-order valence-electron chi connectivity index (χ0n) is 13.6. The van der Waals surface area contributed by atoms with E-state index in [0.717, 1.165) is 18.7 Å². The van der Waals surface area contributed by atoms with E-state index in [-0.39, 0.29) is 11.9 Å². The summed E-state index contributed by atoms with van der Waals surface area (Å²) in [6, 6.07) is 17.7. The van der Waals surface area contributed by atoms with Crippen LogP contribution in [-0.2, 0) is 11.3 Å². The molecule has 0 bridgehead atoms. The largest absolute Gasteiger partial charge is 0.348 e. The van der Waals surface area contributed by atoms with Gasteiger partial charge in [0.2, 0.25) is 5.91 Å². The summed E-state index contributed by atoms with van der Waals surface area (Å²) in [4.78, 5) is 14.4. The van der Waals surface area contributed by atoms with Crippen molar-refractivity contribution in [3.63, 3.8) is 0 Å². The number of carbonyl (C=O) groups is 1. The average molecular weight is 331 g/mol. The predicted molar refractivity (Wildman–Crippen MR) is 95.4 cm³/mol. The number of likely N-dealkylation sites (N-methyl/N-ethyl adjacent to an activating group) is 1. The van der Waals surface area contributed by atoms with Gasteiger partial charge in [-0.25, -0.2) is 0 Å². The second-order valence-corrected chi connectivity index (χ2v) is 6.07. The summed E-state index contributed by atoms with van der Waals surface area (Å²) in [7, 11) is 0. The fraction of sp³-hybridized carbons (Fsp3) is 0.316. The molecule has 122 valence electrons. The van der Waals surface area contributed by atoms with Crippen molar-refractivity contribution >= 4 is 17.5 Å². The molecule has 0 saturated carbocycles. The van der Waals surface area contributed by atoms with Crippen LogP contribution >= 0.6 is 11.6 Å². The van der Waals surface area contributed by atoms with E-state index >= 15 is 0 Å². The van der Waals surface area contributed by atoms with Crippen LogP contribution in [0.4, 0.5) is 0 Å². The van der Waals surface area contributed by atoms with Crippen LogP contribution in [0, 0.1) is 0 Å². The number of nitrogens with one attached hydrogen (secondary N) is 1. The number of amides is 1. The molecule has 0 fully saturated rings. The van der Waals surface area contributed by atoms with Crippen molar-refractivity contribution in [1.29, 1.82) is 0 Å². The van der Waals surface area contributed by atoms with Crippen molar-refractivity contribution < 1.29 is 4.79 Å². The van der Waals surface area contributed by atoms with E-state index in [2.05, 4.69) is 29.3 Å². The van der Waals surface area contributed by atoms with Crippen molar-refractivity contribution in [2.24, 2.45) is 0 Å². The van der Waals surface area contributed by atoms with Crippen LogP contribution in [0.1, 0.15) is 31.0 Å². The highest BCUT2D eigenvalue weighted by molar-refractivity contribution is 6.30. The van der Waals surface area contributed by atoms with E-state index in [1.165, 1.54) is 5.56 Å². The monoisotopic (exact) mass is 330 g/mol. The van der Waals surface area contributed by atoms with Gasteiger partial charge in [0.15, 0.2) is 0 Å². The minimum Gasteiger partial charge on any atom is -0.348 e. The fourth-order valence-corrected chi connectivity index (χ4v) is 2.67. The molecule has 2 aromatic carbocycles. The maximum Gasteiger partial charge on any atom is 0.234 e. The standard InChI is InChI=1S/C19H23ClN2O/c1-3-22(13-16-8-5-4-6-9-16)14-19(23)21-15(2)17-10-7-11-18(20)12-17/h4-12,15H,3,13-14H2,1-2H3,(H,21,23). The molecule has 23 heavy (non-hydrogen) atoms. The summed E-state index contributed by atoms with van der Waals surface area (Å²) in [5.74, 6) is 0.0234. The third-order valence-corrected chi connectivity index (χ3v) is 4.02. The van der Waals surface area contributed by atoms with Gasteiger partial charge in [-0.1, -0.05) is 61.0 Å². The fourth-order valence-electron chi connectivity index (χ4n) is 2.47.